The van der Waals surface area contributed by atoms with Gasteiger partial charge in [-0.25, -0.2) is 4.98 Å². The number of anilines is 2. The lowest BCUT2D eigenvalue weighted by Gasteiger charge is -2.57. The molecule has 5 nitrogen and oxygen atoms in total. The molecule has 1 heterocycles. The summed E-state index contributed by atoms with van der Waals surface area (Å²) in [5.41, 5.74) is 6.16. The molecule has 0 spiro atoms. The minimum absolute atomic E-state index is 0.206. The average molecular weight is 274 g/mol. The molecule has 0 amide bonds. The van der Waals surface area contributed by atoms with Crippen LogP contribution in [0.3, 0.4) is 0 Å². The molecule has 4 N–H and O–H groups in total. The fourth-order valence-electron chi connectivity index (χ4n) is 5.33. The zero-order valence-electron chi connectivity index (χ0n) is 11.7. The number of hydrogen-bond donors (Lipinski definition) is 3. The van der Waals surface area contributed by atoms with Crippen LogP contribution in [0.25, 0.3) is 0 Å². The molecule has 5 rings (SSSR count). The first-order chi connectivity index (χ1) is 9.63. The molecule has 4 aliphatic carbocycles. The first-order valence-corrected chi connectivity index (χ1v) is 7.71. The van der Waals surface area contributed by atoms with E-state index in [-0.39, 0.29) is 11.2 Å². The molecule has 1 aromatic rings. The van der Waals surface area contributed by atoms with Crippen LogP contribution in [-0.2, 0) is 0 Å². The molecule has 20 heavy (non-hydrogen) atoms. The van der Waals surface area contributed by atoms with Crippen LogP contribution >= 0.6 is 0 Å². The summed E-state index contributed by atoms with van der Waals surface area (Å²) in [6.45, 7) is 0.914. The zero-order chi connectivity index (χ0) is 13.7. The van der Waals surface area contributed by atoms with Crippen molar-refractivity contribution in [3.05, 3.63) is 16.7 Å². The van der Waals surface area contributed by atoms with Crippen molar-refractivity contribution in [2.75, 3.05) is 17.6 Å². The number of rotatable bonds is 3. The van der Waals surface area contributed by atoms with Gasteiger partial charge in [-0.15, -0.1) is 0 Å². The predicted molar refractivity (Wildman–Crippen MR) is 78.4 cm³/mol. The van der Waals surface area contributed by atoms with Crippen LogP contribution in [0, 0.1) is 23.2 Å². The van der Waals surface area contributed by atoms with Crippen molar-refractivity contribution >= 4 is 11.5 Å². The fraction of sp³-hybridized carbons (Fsp3) is 0.733. The molecule has 0 unspecified atom stereocenters. The van der Waals surface area contributed by atoms with Crippen molar-refractivity contribution in [2.45, 2.75) is 38.5 Å². The standard InChI is InChI=1S/C15H22N4O/c16-12-13(18-8-19-14(12)20)17-7-15-4-9-1-10(5-15)3-11(2-9)6-15/h8-11H,1-7,16H2,(H2,17,18,19,20). The van der Waals surface area contributed by atoms with E-state index < -0.39 is 0 Å². The van der Waals surface area contributed by atoms with E-state index in [1.54, 1.807) is 0 Å². The molecule has 4 bridgehead atoms. The number of aromatic amines is 1. The lowest BCUT2D eigenvalue weighted by molar-refractivity contribution is -0.0444. The van der Waals surface area contributed by atoms with E-state index in [9.17, 15) is 4.79 Å². The SMILES string of the molecule is Nc1c(NCC23CC4CC(CC(C4)C2)C3)nc[nH]c1=O. The zero-order valence-corrected chi connectivity index (χ0v) is 11.7. The Morgan fingerprint density at radius 2 is 1.85 bits per heavy atom. The number of aromatic nitrogens is 2. The average Bonchev–Trinajstić information content (AvgIpc) is 2.39. The normalized spacial score (nSPS) is 38.1. The maximum Gasteiger partial charge on any atom is 0.276 e. The van der Waals surface area contributed by atoms with Gasteiger partial charge in [0.05, 0.1) is 6.33 Å². The minimum Gasteiger partial charge on any atom is -0.391 e. The highest BCUT2D eigenvalue weighted by Crippen LogP contribution is 2.59. The summed E-state index contributed by atoms with van der Waals surface area (Å²) in [6, 6.07) is 0. The topological polar surface area (TPSA) is 83.8 Å². The molecular weight excluding hydrogens is 252 g/mol. The Kier molecular flexibility index (Phi) is 2.59. The summed E-state index contributed by atoms with van der Waals surface area (Å²) >= 11 is 0. The Bertz CT molecular complexity index is 544. The van der Waals surface area contributed by atoms with Crippen LogP contribution in [0.5, 0.6) is 0 Å². The third-order valence-electron chi connectivity index (χ3n) is 5.68. The molecule has 4 aliphatic rings. The number of nitrogens with one attached hydrogen (secondary N) is 2. The van der Waals surface area contributed by atoms with Crippen molar-refractivity contribution < 1.29 is 0 Å². The number of nitrogen functional groups attached to an aromatic ring is 1. The monoisotopic (exact) mass is 274 g/mol. The Morgan fingerprint density at radius 1 is 1.25 bits per heavy atom. The van der Waals surface area contributed by atoms with Crippen LogP contribution in [0.2, 0.25) is 0 Å². The molecule has 1 aromatic heterocycles. The van der Waals surface area contributed by atoms with Crippen LogP contribution in [0.4, 0.5) is 11.5 Å². The van der Waals surface area contributed by atoms with Gasteiger partial charge in [0.2, 0.25) is 0 Å². The lowest BCUT2D eigenvalue weighted by atomic mass is 9.49. The minimum atomic E-state index is -0.256. The molecule has 4 fully saturated rings. The molecule has 108 valence electrons. The van der Waals surface area contributed by atoms with Crippen LogP contribution in [0.1, 0.15) is 38.5 Å². The number of hydrogen-bond acceptors (Lipinski definition) is 4. The molecule has 0 radical (unpaired) electrons. The largest absolute Gasteiger partial charge is 0.391 e. The van der Waals surface area contributed by atoms with Crippen molar-refractivity contribution in [3.8, 4) is 0 Å². The summed E-state index contributed by atoms with van der Waals surface area (Å²) in [6.07, 6.45) is 9.79. The third-order valence-corrected chi connectivity index (χ3v) is 5.68. The summed E-state index contributed by atoms with van der Waals surface area (Å²) in [5.74, 6) is 3.36. The molecular formula is C15H22N4O. The van der Waals surface area contributed by atoms with Crippen molar-refractivity contribution in [1.82, 2.24) is 9.97 Å². The summed E-state index contributed by atoms with van der Waals surface area (Å²) in [4.78, 5) is 18.2. The van der Waals surface area contributed by atoms with E-state index in [2.05, 4.69) is 15.3 Å². The van der Waals surface area contributed by atoms with Gasteiger partial charge < -0.3 is 16.0 Å². The second-order valence-electron chi connectivity index (χ2n) is 7.27. The van der Waals surface area contributed by atoms with Gasteiger partial charge in [0.1, 0.15) is 5.69 Å². The second-order valence-corrected chi connectivity index (χ2v) is 7.27. The third kappa shape index (κ3) is 1.91. The number of nitrogens with zero attached hydrogens (tertiary/aromatic N) is 1. The summed E-state index contributed by atoms with van der Waals surface area (Å²) in [7, 11) is 0. The van der Waals surface area contributed by atoms with Gasteiger partial charge in [-0.05, 0) is 61.7 Å². The highest BCUT2D eigenvalue weighted by Gasteiger charge is 2.50. The van der Waals surface area contributed by atoms with E-state index in [1.807, 2.05) is 0 Å². The van der Waals surface area contributed by atoms with Gasteiger partial charge in [-0.3, -0.25) is 4.79 Å². The fourth-order valence-corrected chi connectivity index (χ4v) is 5.33. The van der Waals surface area contributed by atoms with Gasteiger partial charge in [0.25, 0.3) is 5.56 Å². The van der Waals surface area contributed by atoms with E-state index in [1.165, 1.54) is 44.9 Å². The highest BCUT2D eigenvalue weighted by molar-refractivity contribution is 5.58. The van der Waals surface area contributed by atoms with Crippen LogP contribution in [-0.4, -0.2) is 16.5 Å². The predicted octanol–water partition coefficient (Wildman–Crippen LogP) is 1.98. The van der Waals surface area contributed by atoms with Gasteiger partial charge in [-0.1, -0.05) is 0 Å². The number of nitrogens with two attached hydrogens (primary N) is 1. The Morgan fingerprint density at radius 3 is 2.45 bits per heavy atom. The Balaban J connectivity index is 1.52. The smallest absolute Gasteiger partial charge is 0.276 e. The van der Waals surface area contributed by atoms with Crippen LogP contribution in [0.15, 0.2) is 11.1 Å². The van der Waals surface area contributed by atoms with E-state index in [4.69, 9.17) is 5.73 Å². The molecule has 0 aliphatic heterocycles. The molecule has 0 saturated heterocycles. The van der Waals surface area contributed by atoms with Gasteiger partial charge in [0.15, 0.2) is 5.82 Å². The maximum atomic E-state index is 11.5. The van der Waals surface area contributed by atoms with Crippen LogP contribution < -0.4 is 16.6 Å². The number of H-pyrrole nitrogens is 1. The van der Waals surface area contributed by atoms with Crippen molar-refractivity contribution in [3.63, 3.8) is 0 Å². The maximum absolute atomic E-state index is 11.5. The molecule has 4 saturated carbocycles. The van der Waals surface area contributed by atoms with E-state index >= 15 is 0 Å². The highest BCUT2D eigenvalue weighted by atomic mass is 16.1. The van der Waals surface area contributed by atoms with Crippen molar-refractivity contribution in [2.24, 2.45) is 23.2 Å². The molecule has 5 heteroatoms. The van der Waals surface area contributed by atoms with Gasteiger partial charge >= 0.3 is 0 Å². The first-order valence-electron chi connectivity index (χ1n) is 7.71. The lowest BCUT2D eigenvalue weighted by Crippen LogP contribution is -2.49. The van der Waals surface area contributed by atoms with Crippen molar-refractivity contribution in [1.29, 1.82) is 0 Å². The summed E-state index contributed by atoms with van der Waals surface area (Å²) in [5, 5.41) is 3.35. The van der Waals surface area contributed by atoms with E-state index in [0.29, 0.717) is 11.2 Å². The van der Waals surface area contributed by atoms with Gasteiger partial charge in [-0.2, -0.15) is 0 Å². The Hall–Kier alpha value is -1.52. The molecule has 0 aromatic carbocycles. The molecule has 0 atom stereocenters. The Labute approximate surface area is 118 Å². The summed E-state index contributed by atoms with van der Waals surface area (Å²) < 4.78 is 0. The quantitative estimate of drug-likeness (QED) is 0.787. The first kappa shape index (κ1) is 12.2. The van der Waals surface area contributed by atoms with E-state index in [0.717, 1.165) is 24.3 Å². The van der Waals surface area contributed by atoms with Gasteiger partial charge in [0, 0.05) is 6.54 Å². The second kappa shape index (κ2) is 4.24.